The first kappa shape index (κ1) is 22.0. The molecule has 0 radical (unpaired) electrons. The molecule has 2 rings (SSSR count). The molecule has 0 spiro atoms. The van der Waals surface area contributed by atoms with E-state index < -0.39 is 11.9 Å². The Kier molecular flexibility index (Phi) is 7.79. The van der Waals surface area contributed by atoms with Crippen molar-refractivity contribution in [1.82, 2.24) is 0 Å². The lowest BCUT2D eigenvalue weighted by atomic mass is 9.87. The van der Waals surface area contributed by atoms with Crippen LogP contribution in [0.3, 0.4) is 0 Å². The summed E-state index contributed by atoms with van der Waals surface area (Å²) in [7, 11) is 0. The van der Waals surface area contributed by atoms with Crippen LogP contribution in [0.15, 0.2) is 48.5 Å². The summed E-state index contributed by atoms with van der Waals surface area (Å²) in [6.45, 7) is 6.23. The molecule has 0 fully saturated rings. The zero-order valence-electron chi connectivity index (χ0n) is 17.0. The van der Waals surface area contributed by atoms with Crippen LogP contribution < -0.4 is 10.1 Å². The van der Waals surface area contributed by atoms with Crippen molar-refractivity contribution in [3.05, 3.63) is 59.7 Å². The molecule has 152 valence electrons. The van der Waals surface area contributed by atoms with Gasteiger partial charge in [-0.3, -0.25) is 9.59 Å². The second kappa shape index (κ2) is 10.3. The number of anilines is 1. The lowest BCUT2D eigenvalue weighted by Gasteiger charge is -2.19. The van der Waals surface area contributed by atoms with Gasteiger partial charge in [-0.2, -0.15) is 5.26 Å². The summed E-state index contributed by atoms with van der Waals surface area (Å²) in [6, 6.07) is 16.7. The van der Waals surface area contributed by atoms with Crippen molar-refractivity contribution < 1.29 is 19.1 Å². The Labute approximate surface area is 171 Å². The number of hydrogen-bond donors (Lipinski definition) is 1. The van der Waals surface area contributed by atoms with Gasteiger partial charge in [0.2, 0.25) is 0 Å². The van der Waals surface area contributed by atoms with Gasteiger partial charge in [0, 0.05) is 5.69 Å². The fourth-order valence-corrected chi connectivity index (χ4v) is 2.52. The second-order valence-electron chi connectivity index (χ2n) is 7.61. The Morgan fingerprint density at radius 3 is 2.28 bits per heavy atom. The number of benzene rings is 2. The summed E-state index contributed by atoms with van der Waals surface area (Å²) in [5, 5.41) is 11.3. The van der Waals surface area contributed by atoms with Crippen molar-refractivity contribution >= 4 is 17.6 Å². The number of ether oxygens (including phenoxy) is 2. The van der Waals surface area contributed by atoms with E-state index in [1.807, 2.05) is 24.3 Å². The molecule has 0 aliphatic rings. The average molecular weight is 394 g/mol. The van der Waals surface area contributed by atoms with Crippen LogP contribution in [0.25, 0.3) is 0 Å². The quantitative estimate of drug-likeness (QED) is 0.684. The Hall–Kier alpha value is -3.33. The molecule has 6 nitrogen and oxygen atoms in total. The molecule has 2 aromatic rings. The highest BCUT2D eigenvalue weighted by Gasteiger charge is 2.13. The minimum Gasteiger partial charge on any atom is -0.493 e. The maximum Gasteiger partial charge on any atom is 0.309 e. The molecule has 0 aliphatic carbocycles. The lowest BCUT2D eigenvalue weighted by Crippen LogP contribution is -2.21. The van der Waals surface area contributed by atoms with Gasteiger partial charge in [-0.05, 0) is 40.8 Å². The van der Waals surface area contributed by atoms with Crippen molar-refractivity contribution in [3.8, 4) is 11.8 Å². The van der Waals surface area contributed by atoms with Gasteiger partial charge in [0.15, 0.2) is 6.61 Å². The van der Waals surface area contributed by atoms with Gasteiger partial charge >= 0.3 is 5.97 Å². The molecule has 0 aliphatic heterocycles. The molecule has 6 heteroatoms. The van der Waals surface area contributed by atoms with Crippen LogP contribution in [0.2, 0.25) is 0 Å². The second-order valence-corrected chi connectivity index (χ2v) is 7.61. The molecule has 0 heterocycles. The van der Waals surface area contributed by atoms with E-state index >= 15 is 0 Å². The third-order valence-corrected chi connectivity index (χ3v) is 4.18. The summed E-state index contributed by atoms with van der Waals surface area (Å²) >= 11 is 0. The van der Waals surface area contributed by atoms with Gasteiger partial charge in [-0.15, -0.1) is 0 Å². The molecule has 0 bridgehead atoms. The van der Waals surface area contributed by atoms with Crippen molar-refractivity contribution in [3.63, 3.8) is 0 Å². The fraction of sp³-hybridized carbons (Fsp3) is 0.348. The number of esters is 1. The SMILES string of the molecule is CC(C)(C)c1ccc(OCCC(=O)OCC(=O)Nc2ccc(CC#N)cc2)cc1. The number of carbonyl (C=O) groups excluding carboxylic acids is 2. The number of hydrogen-bond acceptors (Lipinski definition) is 5. The first-order valence-electron chi connectivity index (χ1n) is 9.42. The van der Waals surface area contributed by atoms with E-state index in [9.17, 15) is 9.59 Å². The van der Waals surface area contributed by atoms with Gasteiger partial charge in [0.05, 0.1) is 25.5 Å². The topological polar surface area (TPSA) is 88.4 Å². The molecule has 2 aromatic carbocycles. The van der Waals surface area contributed by atoms with E-state index in [2.05, 4.69) is 32.2 Å². The van der Waals surface area contributed by atoms with Gasteiger partial charge in [0.1, 0.15) is 5.75 Å². The van der Waals surface area contributed by atoms with Crippen LogP contribution in [0.1, 0.15) is 38.3 Å². The maximum absolute atomic E-state index is 11.9. The van der Waals surface area contributed by atoms with Crippen LogP contribution in [-0.2, 0) is 26.2 Å². The molecule has 1 N–H and O–H groups in total. The lowest BCUT2D eigenvalue weighted by molar-refractivity contribution is -0.147. The Morgan fingerprint density at radius 2 is 1.69 bits per heavy atom. The van der Waals surface area contributed by atoms with Gasteiger partial charge in [-0.1, -0.05) is 45.0 Å². The normalized spacial score (nSPS) is 10.7. The molecule has 0 saturated heterocycles. The summed E-state index contributed by atoms with van der Waals surface area (Å²) < 4.78 is 10.5. The van der Waals surface area contributed by atoms with Gasteiger partial charge < -0.3 is 14.8 Å². The molecule has 29 heavy (non-hydrogen) atoms. The average Bonchev–Trinajstić information content (AvgIpc) is 2.68. The van der Waals surface area contributed by atoms with Crippen molar-refractivity contribution in [2.45, 2.75) is 39.0 Å². The Morgan fingerprint density at radius 1 is 1.03 bits per heavy atom. The summed E-state index contributed by atoms with van der Waals surface area (Å²) in [4.78, 5) is 23.6. The fourth-order valence-electron chi connectivity index (χ4n) is 2.52. The summed E-state index contributed by atoms with van der Waals surface area (Å²) in [5.74, 6) is -0.246. The van der Waals surface area contributed by atoms with E-state index in [4.69, 9.17) is 14.7 Å². The van der Waals surface area contributed by atoms with Crippen molar-refractivity contribution in [1.29, 1.82) is 5.26 Å². The minimum atomic E-state index is -0.504. The Balaban J connectivity index is 1.67. The monoisotopic (exact) mass is 394 g/mol. The number of carbonyl (C=O) groups is 2. The van der Waals surface area contributed by atoms with E-state index in [0.717, 1.165) is 5.56 Å². The molecule has 0 unspecified atom stereocenters. The molecular weight excluding hydrogens is 368 g/mol. The molecule has 0 aromatic heterocycles. The zero-order valence-corrected chi connectivity index (χ0v) is 17.0. The first-order valence-corrected chi connectivity index (χ1v) is 9.42. The van der Waals surface area contributed by atoms with Crippen LogP contribution in [0.5, 0.6) is 5.75 Å². The highest BCUT2D eigenvalue weighted by atomic mass is 16.5. The number of rotatable bonds is 8. The van der Waals surface area contributed by atoms with Crippen LogP contribution >= 0.6 is 0 Å². The standard InChI is InChI=1S/C23H26N2O4/c1-23(2,3)18-6-10-20(11-7-18)28-15-13-22(27)29-16-21(26)25-19-8-4-17(5-9-19)12-14-24/h4-11H,12-13,15-16H2,1-3H3,(H,25,26). The van der Waals surface area contributed by atoms with Crippen LogP contribution in [-0.4, -0.2) is 25.1 Å². The molecular formula is C23H26N2O4. The molecule has 0 atom stereocenters. The summed E-state index contributed by atoms with van der Waals surface area (Å²) in [5.41, 5.74) is 2.72. The zero-order chi connectivity index (χ0) is 21.3. The highest BCUT2D eigenvalue weighted by Crippen LogP contribution is 2.24. The van der Waals surface area contributed by atoms with Gasteiger partial charge in [-0.25, -0.2) is 0 Å². The van der Waals surface area contributed by atoms with E-state index in [0.29, 0.717) is 17.9 Å². The Bertz CT molecular complexity index is 860. The first-order chi connectivity index (χ1) is 13.8. The predicted molar refractivity (Wildman–Crippen MR) is 111 cm³/mol. The molecule has 1 amide bonds. The van der Waals surface area contributed by atoms with Crippen molar-refractivity contribution in [2.24, 2.45) is 0 Å². The van der Waals surface area contributed by atoms with E-state index in [1.54, 1.807) is 24.3 Å². The van der Waals surface area contributed by atoms with Gasteiger partial charge in [0.25, 0.3) is 5.91 Å². The predicted octanol–water partition coefficient (Wildman–Crippen LogP) is 4.00. The smallest absolute Gasteiger partial charge is 0.309 e. The number of amides is 1. The third-order valence-electron chi connectivity index (χ3n) is 4.18. The van der Waals surface area contributed by atoms with Crippen molar-refractivity contribution in [2.75, 3.05) is 18.5 Å². The third kappa shape index (κ3) is 7.67. The van der Waals surface area contributed by atoms with E-state index in [-0.39, 0.29) is 25.0 Å². The van der Waals surface area contributed by atoms with Crippen LogP contribution in [0, 0.1) is 11.3 Å². The number of nitrogens with zero attached hydrogens (tertiary/aromatic N) is 1. The highest BCUT2D eigenvalue weighted by molar-refractivity contribution is 5.92. The van der Waals surface area contributed by atoms with Crippen LogP contribution in [0.4, 0.5) is 5.69 Å². The number of nitrogens with one attached hydrogen (secondary N) is 1. The summed E-state index contributed by atoms with van der Waals surface area (Å²) in [6.07, 6.45) is 0.367. The largest absolute Gasteiger partial charge is 0.493 e. The minimum absolute atomic E-state index is 0.0527. The molecule has 0 saturated carbocycles. The maximum atomic E-state index is 11.9. The number of nitriles is 1. The van der Waals surface area contributed by atoms with E-state index in [1.165, 1.54) is 5.56 Å².